The molecule has 2 aromatic rings. The summed E-state index contributed by atoms with van der Waals surface area (Å²) in [6.45, 7) is 9.41. The van der Waals surface area contributed by atoms with Crippen LogP contribution in [0.2, 0.25) is 0 Å². The Labute approximate surface area is 147 Å². The number of imidazole rings is 1. The summed E-state index contributed by atoms with van der Waals surface area (Å²) in [5, 5.41) is 10.4. The molecule has 1 amide bonds. The van der Waals surface area contributed by atoms with Crippen LogP contribution in [0.15, 0.2) is 18.6 Å². The summed E-state index contributed by atoms with van der Waals surface area (Å²) in [6.07, 6.45) is 5.18. The van der Waals surface area contributed by atoms with Crippen molar-refractivity contribution in [2.45, 2.75) is 27.3 Å². The van der Waals surface area contributed by atoms with Crippen LogP contribution >= 0.6 is 0 Å². The topological polar surface area (TPSA) is 85.3 Å². The number of aromatic nitrogens is 3. The molecule has 0 saturated carbocycles. The first-order chi connectivity index (χ1) is 12.0. The molecule has 2 aromatic heterocycles. The van der Waals surface area contributed by atoms with Gasteiger partial charge in [-0.1, -0.05) is 0 Å². The van der Waals surface area contributed by atoms with E-state index in [2.05, 4.69) is 19.9 Å². The normalized spacial score (nSPS) is 15.2. The van der Waals surface area contributed by atoms with Crippen molar-refractivity contribution in [3.8, 4) is 17.1 Å². The number of aromatic hydroxyl groups is 1. The molecule has 0 bridgehead atoms. The second-order valence-electron chi connectivity index (χ2n) is 6.43. The zero-order chi connectivity index (χ0) is 18.0. The average molecular weight is 343 g/mol. The van der Waals surface area contributed by atoms with Crippen LogP contribution in [-0.4, -0.2) is 61.9 Å². The summed E-state index contributed by atoms with van der Waals surface area (Å²) in [4.78, 5) is 28.0. The fourth-order valence-electron chi connectivity index (χ4n) is 3.31. The minimum atomic E-state index is 0.0685. The number of rotatable bonds is 6. The van der Waals surface area contributed by atoms with Gasteiger partial charge in [-0.2, -0.15) is 0 Å². The van der Waals surface area contributed by atoms with E-state index >= 15 is 0 Å². The van der Waals surface area contributed by atoms with Crippen LogP contribution in [0.4, 0.5) is 0 Å². The predicted molar refractivity (Wildman–Crippen MR) is 94.9 cm³/mol. The fourth-order valence-corrected chi connectivity index (χ4v) is 3.31. The molecule has 0 aromatic carbocycles. The summed E-state index contributed by atoms with van der Waals surface area (Å²) < 4.78 is 0. The minimum absolute atomic E-state index is 0.0685. The van der Waals surface area contributed by atoms with Crippen LogP contribution in [-0.2, 0) is 11.3 Å². The van der Waals surface area contributed by atoms with Crippen molar-refractivity contribution in [1.29, 1.82) is 0 Å². The van der Waals surface area contributed by atoms with Crippen LogP contribution in [0, 0.1) is 12.8 Å². The third-order valence-corrected chi connectivity index (χ3v) is 4.83. The smallest absolute Gasteiger partial charge is 0.228 e. The number of pyridine rings is 1. The summed E-state index contributed by atoms with van der Waals surface area (Å²) in [5.74, 6) is 1.09. The van der Waals surface area contributed by atoms with Crippen molar-refractivity contribution < 1.29 is 9.90 Å². The standard InChI is InChI=1S/C18H25N5O2/c1-4-23(5-2)18(25)14-10-22(11-14)9-13-8-21-12(3)16(24)15(13)17-19-6-7-20-17/h6-8,14,24H,4-5,9-11H2,1-3H3,(H,19,20). The number of aryl methyl sites for hydroxylation is 1. The molecule has 7 heteroatoms. The zero-order valence-electron chi connectivity index (χ0n) is 15.0. The molecule has 0 spiro atoms. The Morgan fingerprint density at radius 3 is 2.68 bits per heavy atom. The van der Waals surface area contributed by atoms with Crippen molar-refractivity contribution >= 4 is 5.91 Å². The van der Waals surface area contributed by atoms with Gasteiger partial charge < -0.3 is 15.0 Å². The van der Waals surface area contributed by atoms with Crippen LogP contribution in [0.3, 0.4) is 0 Å². The number of nitrogens with one attached hydrogen (secondary N) is 1. The number of carbonyl (C=O) groups is 1. The molecule has 0 unspecified atom stereocenters. The molecule has 134 valence electrons. The third kappa shape index (κ3) is 3.37. The van der Waals surface area contributed by atoms with Crippen molar-refractivity contribution in [2.75, 3.05) is 26.2 Å². The summed E-state index contributed by atoms with van der Waals surface area (Å²) in [7, 11) is 0. The minimum Gasteiger partial charge on any atom is -0.505 e. The van der Waals surface area contributed by atoms with Gasteiger partial charge in [0.1, 0.15) is 11.6 Å². The Balaban J connectivity index is 1.72. The number of aromatic amines is 1. The lowest BCUT2D eigenvalue weighted by Gasteiger charge is -2.40. The molecule has 1 aliphatic heterocycles. The molecule has 0 radical (unpaired) electrons. The lowest BCUT2D eigenvalue weighted by molar-refractivity contribution is -0.140. The second-order valence-corrected chi connectivity index (χ2v) is 6.43. The molecule has 7 nitrogen and oxygen atoms in total. The predicted octanol–water partition coefficient (Wildman–Crippen LogP) is 1.79. The highest BCUT2D eigenvalue weighted by Gasteiger charge is 2.35. The van der Waals surface area contributed by atoms with Gasteiger partial charge in [-0.05, 0) is 26.3 Å². The fraction of sp³-hybridized carbons (Fsp3) is 0.500. The molecule has 0 atom stereocenters. The summed E-state index contributed by atoms with van der Waals surface area (Å²) >= 11 is 0. The Morgan fingerprint density at radius 2 is 2.08 bits per heavy atom. The van der Waals surface area contributed by atoms with Crippen LogP contribution in [0.5, 0.6) is 5.75 Å². The van der Waals surface area contributed by atoms with Gasteiger partial charge in [0, 0.05) is 51.3 Å². The van der Waals surface area contributed by atoms with Gasteiger partial charge in [-0.3, -0.25) is 14.7 Å². The van der Waals surface area contributed by atoms with Gasteiger partial charge in [-0.25, -0.2) is 4.98 Å². The highest BCUT2D eigenvalue weighted by atomic mass is 16.3. The van der Waals surface area contributed by atoms with E-state index in [4.69, 9.17) is 0 Å². The maximum atomic E-state index is 12.4. The zero-order valence-corrected chi connectivity index (χ0v) is 15.0. The highest BCUT2D eigenvalue weighted by Crippen LogP contribution is 2.33. The monoisotopic (exact) mass is 343 g/mol. The number of H-pyrrole nitrogens is 1. The average Bonchev–Trinajstić information content (AvgIpc) is 3.08. The number of likely N-dealkylation sites (tertiary alicyclic amines) is 1. The van der Waals surface area contributed by atoms with Crippen molar-refractivity contribution in [3.05, 3.63) is 29.8 Å². The van der Waals surface area contributed by atoms with Gasteiger partial charge in [-0.15, -0.1) is 0 Å². The van der Waals surface area contributed by atoms with E-state index < -0.39 is 0 Å². The lowest BCUT2D eigenvalue weighted by atomic mass is 9.96. The molecule has 1 saturated heterocycles. The van der Waals surface area contributed by atoms with Gasteiger partial charge in [0.2, 0.25) is 5.91 Å². The maximum Gasteiger partial charge on any atom is 0.228 e. The first-order valence-corrected chi connectivity index (χ1v) is 8.73. The number of nitrogens with zero attached hydrogens (tertiary/aromatic N) is 4. The van der Waals surface area contributed by atoms with E-state index in [1.807, 2.05) is 18.7 Å². The molecule has 3 rings (SSSR count). The summed E-state index contributed by atoms with van der Waals surface area (Å²) in [5.41, 5.74) is 2.18. The van der Waals surface area contributed by atoms with Gasteiger partial charge in [0.15, 0.2) is 0 Å². The SMILES string of the molecule is CCN(CC)C(=O)C1CN(Cc2cnc(C)c(O)c2-c2ncc[nH]2)C1. The van der Waals surface area contributed by atoms with Crippen molar-refractivity contribution in [1.82, 2.24) is 24.8 Å². The first kappa shape index (κ1) is 17.4. The van der Waals surface area contributed by atoms with Crippen molar-refractivity contribution in [2.24, 2.45) is 5.92 Å². The highest BCUT2D eigenvalue weighted by molar-refractivity contribution is 5.80. The number of hydrogen-bond donors (Lipinski definition) is 2. The number of amides is 1. The van der Waals surface area contributed by atoms with Crippen LogP contribution in [0.1, 0.15) is 25.1 Å². The molecule has 3 heterocycles. The van der Waals surface area contributed by atoms with Crippen LogP contribution < -0.4 is 0 Å². The van der Waals surface area contributed by atoms with Crippen molar-refractivity contribution in [3.63, 3.8) is 0 Å². The molecular formula is C18H25N5O2. The largest absolute Gasteiger partial charge is 0.505 e. The van der Waals surface area contributed by atoms with Gasteiger partial charge >= 0.3 is 0 Å². The summed E-state index contributed by atoms with van der Waals surface area (Å²) in [6, 6.07) is 0. The van der Waals surface area contributed by atoms with E-state index in [1.165, 1.54) is 0 Å². The van der Waals surface area contributed by atoms with E-state index in [9.17, 15) is 9.90 Å². The third-order valence-electron chi connectivity index (χ3n) is 4.83. The first-order valence-electron chi connectivity index (χ1n) is 8.73. The van der Waals surface area contributed by atoms with Crippen LogP contribution in [0.25, 0.3) is 11.4 Å². The molecule has 1 fully saturated rings. The Kier molecular flexibility index (Phi) is 5.03. The number of carbonyl (C=O) groups excluding carboxylic acids is 1. The molecule has 25 heavy (non-hydrogen) atoms. The Hall–Kier alpha value is -2.41. The van der Waals surface area contributed by atoms with E-state index in [0.717, 1.165) is 31.7 Å². The quantitative estimate of drug-likeness (QED) is 0.835. The Morgan fingerprint density at radius 1 is 1.36 bits per heavy atom. The van der Waals surface area contributed by atoms with Gasteiger partial charge in [0.05, 0.1) is 17.2 Å². The van der Waals surface area contributed by atoms with Gasteiger partial charge in [0.25, 0.3) is 0 Å². The Bertz CT molecular complexity index is 734. The van der Waals surface area contributed by atoms with E-state index in [0.29, 0.717) is 23.6 Å². The maximum absolute atomic E-state index is 12.4. The molecule has 2 N–H and O–H groups in total. The lowest BCUT2D eigenvalue weighted by Crippen LogP contribution is -2.54. The molecular weight excluding hydrogens is 318 g/mol. The van der Waals surface area contributed by atoms with E-state index in [1.54, 1.807) is 25.5 Å². The second kappa shape index (κ2) is 7.23. The number of hydrogen-bond acceptors (Lipinski definition) is 5. The van der Waals surface area contributed by atoms with E-state index in [-0.39, 0.29) is 17.6 Å². The molecule has 0 aliphatic carbocycles. The molecule has 1 aliphatic rings.